The highest BCUT2D eigenvalue weighted by Gasteiger charge is 2.22. The summed E-state index contributed by atoms with van der Waals surface area (Å²) in [5.74, 6) is -0.820. The van der Waals surface area contributed by atoms with E-state index in [2.05, 4.69) is 45.9 Å². The molecule has 2 heterocycles. The SMILES string of the molecule is CNc1nonc1-c1noc(=O)n1-c1ccc(F)c(Br)c1. The van der Waals surface area contributed by atoms with Crippen LogP contribution in [0.5, 0.6) is 0 Å². The second kappa shape index (κ2) is 5.13. The Morgan fingerprint density at radius 3 is 2.86 bits per heavy atom. The maximum Gasteiger partial charge on any atom is 0.446 e. The van der Waals surface area contributed by atoms with Gasteiger partial charge in [0.2, 0.25) is 11.6 Å². The van der Waals surface area contributed by atoms with E-state index in [-0.39, 0.29) is 16.0 Å². The molecule has 0 amide bonds. The van der Waals surface area contributed by atoms with E-state index in [9.17, 15) is 9.18 Å². The predicted molar refractivity (Wildman–Crippen MR) is 72.6 cm³/mol. The number of aromatic nitrogens is 4. The maximum atomic E-state index is 13.3. The van der Waals surface area contributed by atoms with Gasteiger partial charge < -0.3 is 5.32 Å². The second-order valence-electron chi connectivity index (χ2n) is 3.92. The van der Waals surface area contributed by atoms with Gasteiger partial charge in [-0.1, -0.05) is 5.16 Å². The first-order valence-electron chi connectivity index (χ1n) is 5.66. The Bertz CT molecular complexity index is 856. The lowest BCUT2D eigenvalue weighted by Gasteiger charge is -2.04. The summed E-state index contributed by atoms with van der Waals surface area (Å²) in [5.41, 5.74) is 0.554. The monoisotopic (exact) mass is 355 g/mol. The minimum Gasteiger partial charge on any atom is -0.368 e. The van der Waals surface area contributed by atoms with Crippen LogP contribution in [0.3, 0.4) is 0 Å². The molecular weight excluding hydrogens is 349 g/mol. The van der Waals surface area contributed by atoms with Crippen molar-refractivity contribution >= 4 is 21.7 Å². The number of rotatable bonds is 3. The van der Waals surface area contributed by atoms with Crippen LogP contribution in [0.25, 0.3) is 17.2 Å². The van der Waals surface area contributed by atoms with Crippen LogP contribution in [0.1, 0.15) is 0 Å². The van der Waals surface area contributed by atoms with Crippen LogP contribution in [0.4, 0.5) is 10.2 Å². The average molecular weight is 356 g/mol. The van der Waals surface area contributed by atoms with Crippen LogP contribution in [0.2, 0.25) is 0 Å². The van der Waals surface area contributed by atoms with Crippen molar-refractivity contribution in [3.05, 3.63) is 39.0 Å². The fraction of sp³-hybridized carbons (Fsp3) is 0.0909. The van der Waals surface area contributed by atoms with Gasteiger partial charge in [0.15, 0.2) is 5.69 Å². The van der Waals surface area contributed by atoms with Gasteiger partial charge in [0.25, 0.3) is 0 Å². The molecule has 1 N–H and O–H groups in total. The zero-order valence-corrected chi connectivity index (χ0v) is 12.1. The molecule has 0 unspecified atom stereocenters. The van der Waals surface area contributed by atoms with Gasteiger partial charge in [-0.05, 0) is 44.4 Å². The summed E-state index contributed by atoms with van der Waals surface area (Å²) in [6, 6.07) is 4.04. The van der Waals surface area contributed by atoms with Crippen LogP contribution < -0.4 is 11.1 Å². The number of anilines is 1. The normalized spacial score (nSPS) is 10.8. The lowest BCUT2D eigenvalue weighted by Crippen LogP contribution is -2.13. The first-order chi connectivity index (χ1) is 10.1. The highest BCUT2D eigenvalue weighted by atomic mass is 79.9. The molecule has 0 aliphatic carbocycles. The van der Waals surface area contributed by atoms with E-state index in [0.29, 0.717) is 11.5 Å². The Hall–Kier alpha value is -2.49. The van der Waals surface area contributed by atoms with Gasteiger partial charge in [-0.2, -0.15) is 0 Å². The molecule has 0 aliphatic heterocycles. The van der Waals surface area contributed by atoms with Crippen molar-refractivity contribution in [3.8, 4) is 17.2 Å². The smallest absolute Gasteiger partial charge is 0.368 e. The molecule has 0 aliphatic rings. The lowest BCUT2D eigenvalue weighted by molar-refractivity contribution is 0.309. The molecule has 2 aromatic heterocycles. The third kappa shape index (κ3) is 2.23. The molecule has 0 atom stereocenters. The number of hydrogen-bond acceptors (Lipinski definition) is 7. The molecule has 3 aromatic rings. The summed E-state index contributed by atoms with van der Waals surface area (Å²) in [6.45, 7) is 0. The molecule has 3 rings (SSSR count). The van der Waals surface area contributed by atoms with E-state index in [0.717, 1.165) is 4.57 Å². The molecule has 0 saturated carbocycles. The first-order valence-corrected chi connectivity index (χ1v) is 6.46. The largest absolute Gasteiger partial charge is 0.446 e. The summed E-state index contributed by atoms with van der Waals surface area (Å²) in [6.07, 6.45) is 0. The molecule has 108 valence electrons. The molecule has 21 heavy (non-hydrogen) atoms. The van der Waals surface area contributed by atoms with E-state index >= 15 is 0 Å². The van der Waals surface area contributed by atoms with Crippen LogP contribution in [0, 0.1) is 5.82 Å². The van der Waals surface area contributed by atoms with Crippen molar-refractivity contribution < 1.29 is 13.5 Å². The molecule has 0 radical (unpaired) electrons. The molecule has 8 nitrogen and oxygen atoms in total. The number of hydrogen-bond donors (Lipinski definition) is 1. The Balaban J connectivity index is 2.22. The van der Waals surface area contributed by atoms with Crippen molar-refractivity contribution in [1.29, 1.82) is 0 Å². The minimum atomic E-state index is -0.742. The highest BCUT2D eigenvalue weighted by Crippen LogP contribution is 2.25. The summed E-state index contributed by atoms with van der Waals surface area (Å²) < 4.78 is 23.9. The third-order valence-corrected chi connectivity index (χ3v) is 3.31. The van der Waals surface area contributed by atoms with Gasteiger partial charge in [0.05, 0.1) is 10.2 Å². The van der Waals surface area contributed by atoms with E-state index in [4.69, 9.17) is 0 Å². The van der Waals surface area contributed by atoms with Gasteiger partial charge in [-0.25, -0.2) is 18.4 Å². The summed E-state index contributed by atoms with van der Waals surface area (Å²) >= 11 is 3.06. The summed E-state index contributed by atoms with van der Waals surface area (Å²) in [5, 5.41) is 13.7. The number of benzene rings is 1. The zero-order chi connectivity index (χ0) is 15.0. The van der Waals surface area contributed by atoms with E-state index in [1.54, 1.807) is 7.05 Å². The van der Waals surface area contributed by atoms with Crippen LogP contribution in [-0.4, -0.2) is 27.1 Å². The van der Waals surface area contributed by atoms with Crippen molar-refractivity contribution in [3.63, 3.8) is 0 Å². The van der Waals surface area contributed by atoms with E-state index < -0.39 is 11.6 Å². The molecule has 0 bridgehead atoms. The second-order valence-corrected chi connectivity index (χ2v) is 4.77. The third-order valence-electron chi connectivity index (χ3n) is 2.70. The zero-order valence-electron chi connectivity index (χ0n) is 10.5. The minimum absolute atomic E-state index is 0.0871. The number of halogens is 2. The van der Waals surface area contributed by atoms with Crippen LogP contribution in [0.15, 0.2) is 36.6 Å². The number of nitrogens with zero attached hydrogens (tertiary/aromatic N) is 4. The Morgan fingerprint density at radius 1 is 1.33 bits per heavy atom. The molecule has 10 heteroatoms. The van der Waals surface area contributed by atoms with E-state index in [1.807, 2.05) is 0 Å². The topological polar surface area (TPSA) is 99.0 Å². The van der Waals surface area contributed by atoms with Crippen molar-refractivity contribution in [2.24, 2.45) is 0 Å². The fourth-order valence-electron chi connectivity index (χ4n) is 1.75. The Morgan fingerprint density at radius 2 is 2.14 bits per heavy atom. The van der Waals surface area contributed by atoms with Crippen molar-refractivity contribution in [1.82, 2.24) is 20.0 Å². The van der Waals surface area contributed by atoms with Gasteiger partial charge in [0.1, 0.15) is 5.82 Å². The van der Waals surface area contributed by atoms with Crippen molar-refractivity contribution in [2.75, 3.05) is 12.4 Å². The molecule has 0 spiro atoms. The quantitative estimate of drug-likeness (QED) is 0.764. The highest BCUT2D eigenvalue weighted by molar-refractivity contribution is 9.10. The Labute approximate surface area is 124 Å². The van der Waals surface area contributed by atoms with Gasteiger partial charge in [-0.3, -0.25) is 4.52 Å². The number of nitrogens with one attached hydrogen (secondary N) is 1. The predicted octanol–water partition coefficient (Wildman–Crippen LogP) is 1.82. The van der Waals surface area contributed by atoms with Crippen LogP contribution in [-0.2, 0) is 0 Å². The lowest BCUT2D eigenvalue weighted by atomic mass is 10.3. The fourth-order valence-corrected chi connectivity index (χ4v) is 2.12. The van der Waals surface area contributed by atoms with Crippen LogP contribution >= 0.6 is 15.9 Å². The molecule has 0 saturated heterocycles. The molecular formula is C11H7BrFN5O3. The first kappa shape index (κ1) is 13.5. The maximum absolute atomic E-state index is 13.3. The molecule has 1 aromatic carbocycles. The van der Waals surface area contributed by atoms with Gasteiger partial charge in [-0.15, -0.1) is 0 Å². The molecule has 0 fully saturated rings. The van der Waals surface area contributed by atoms with Crippen molar-refractivity contribution in [2.45, 2.75) is 0 Å². The standard InChI is InChI=1S/C11H7BrFN5O3/c1-14-9-8(15-21-16-9)10-17-20-11(19)18(10)5-2-3-7(13)6(12)4-5/h2-4H,1H3,(H,14,16). The Kier molecular flexibility index (Phi) is 3.29. The van der Waals surface area contributed by atoms with E-state index in [1.165, 1.54) is 18.2 Å². The van der Waals surface area contributed by atoms with Gasteiger partial charge in [0, 0.05) is 7.05 Å². The summed E-state index contributed by atoms with van der Waals surface area (Å²) in [7, 11) is 1.61. The average Bonchev–Trinajstić information content (AvgIpc) is 3.07. The van der Waals surface area contributed by atoms with Gasteiger partial charge >= 0.3 is 5.76 Å². The summed E-state index contributed by atoms with van der Waals surface area (Å²) in [4.78, 5) is 11.9.